The van der Waals surface area contributed by atoms with E-state index in [4.69, 9.17) is 15.8 Å². The SMILES string of the molecule is Cc1ccc(S(=O)(=O)Oc2ccc(C3C4=C(CCCC4=O)N(CCC(=O)[O-])C4=C3C(=O)CCC4)cc2Cl)cc1. The van der Waals surface area contributed by atoms with Gasteiger partial charge < -0.3 is 19.0 Å². The lowest BCUT2D eigenvalue weighted by Crippen LogP contribution is -2.40. The van der Waals surface area contributed by atoms with Crippen molar-refractivity contribution in [2.75, 3.05) is 6.54 Å². The predicted molar refractivity (Wildman–Crippen MR) is 141 cm³/mol. The van der Waals surface area contributed by atoms with E-state index in [1.807, 2.05) is 11.8 Å². The number of ketones is 2. The van der Waals surface area contributed by atoms with E-state index in [9.17, 15) is 27.9 Å². The van der Waals surface area contributed by atoms with Gasteiger partial charge in [-0.3, -0.25) is 9.59 Å². The fourth-order valence-corrected chi connectivity index (χ4v) is 6.88. The number of carbonyl (C=O) groups excluding carboxylic acids is 3. The van der Waals surface area contributed by atoms with Crippen LogP contribution < -0.4 is 9.29 Å². The summed E-state index contributed by atoms with van der Waals surface area (Å²) in [5, 5.41) is 11.3. The lowest BCUT2D eigenvalue weighted by Gasteiger charge is -2.44. The third-order valence-electron chi connectivity index (χ3n) is 7.42. The molecule has 0 fully saturated rings. The Morgan fingerprint density at radius 1 is 0.974 bits per heavy atom. The molecule has 10 heteroatoms. The van der Waals surface area contributed by atoms with Crippen molar-refractivity contribution in [3.63, 3.8) is 0 Å². The van der Waals surface area contributed by atoms with Gasteiger partial charge in [-0.2, -0.15) is 8.42 Å². The normalized spacial score (nSPS) is 18.3. The fraction of sp³-hybridized carbons (Fsp3) is 0.345. The van der Waals surface area contributed by atoms with Crippen LogP contribution in [-0.2, 0) is 24.5 Å². The molecular weight excluding hydrogens is 542 g/mol. The average Bonchev–Trinajstić information content (AvgIpc) is 2.88. The van der Waals surface area contributed by atoms with Crippen LogP contribution in [0.1, 0.15) is 62.0 Å². The van der Waals surface area contributed by atoms with E-state index >= 15 is 0 Å². The smallest absolute Gasteiger partial charge is 0.339 e. The molecular formula is C29H27ClNO7S-. The highest BCUT2D eigenvalue weighted by atomic mass is 35.5. The van der Waals surface area contributed by atoms with E-state index < -0.39 is 22.0 Å². The lowest BCUT2D eigenvalue weighted by molar-refractivity contribution is -0.305. The summed E-state index contributed by atoms with van der Waals surface area (Å²) in [7, 11) is -4.14. The molecule has 0 atom stereocenters. The monoisotopic (exact) mass is 568 g/mol. The van der Waals surface area contributed by atoms with Crippen LogP contribution in [0.4, 0.5) is 0 Å². The molecule has 0 saturated carbocycles. The van der Waals surface area contributed by atoms with Gasteiger partial charge in [0.05, 0.1) is 5.02 Å². The van der Waals surface area contributed by atoms with Crippen molar-refractivity contribution in [1.82, 2.24) is 4.90 Å². The lowest BCUT2D eigenvalue weighted by atomic mass is 9.71. The van der Waals surface area contributed by atoms with Gasteiger partial charge >= 0.3 is 10.1 Å². The highest BCUT2D eigenvalue weighted by Crippen LogP contribution is 2.49. The third-order valence-corrected chi connectivity index (χ3v) is 8.97. The van der Waals surface area contributed by atoms with Gasteiger partial charge in [0, 0.05) is 60.2 Å². The Balaban J connectivity index is 1.56. The Hall–Kier alpha value is -3.43. The second-order valence-electron chi connectivity index (χ2n) is 10.0. The van der Waals surface area contributed by atoms with Crippen molar-refractivity contribution in [2.45, 2.75) is 62.7 Å². The van der Waals surface area contributed by atoms with Crippen molar-refractivity contribution in [3.8, 4) is 5.75 Å². The second kappa shape index (κ2) is 10.6. The summed E-state index contributed by atoms with van der Waals surface area (Å²) in [4.78, 5) is 39.7. The number of aliphatic carboxylic acids is 1. The number of nitrogens with zero attached hydrogens (tertiary/aromatic N) is 1. The number of hydrogen-bond donors (Lipinski definition) is 0. The summed E-state index contributed by atoms with van der Waals surface area (Å²) in [6.45, 7) is 1.97. The van der Waals surface area contributed by atoms with E-state index in [1.165, 1.54) is 18.2 Å². The van der Waals surface area contributed by atoms with Gasteiger partial charge in [-0.25, -0.2) is 0 Å². The zero-order valence-electron chi connectivity index (χ0n) is 21.4. The Morgan fingerprint density at radius 3 is 2.10 bits per heavy atom. The molecule has 3 aliphatic rings. The van der Waals surface area contributed by atoms with E-state index in [0.29, 0.717) is 55.2 Å². The number of benzene rings is 2. The third kappa shape index (κ3) is 5.25. The molecule has 1 aliphatic heterocycles. The van der Waals surface area contributed by atoms with Crippen molar-refractivity contribution in [1.29, 1.82) is 0 Å². The molecule has 2 aromatic carbocycles. The fourth-order valence-electron chi connectivity index (χ4n) is 5.66. The second-order valence-corrected chi connectivity index (χ2v) is 12.0. The minimum atomic E-state index is -4.14. The van der Waals surface area contributed by atoms with Crippen molar-refractivity contribution >= 4 is 39.3 Å². The molecule has 0 spiro atoms. The van der Waals surface area contributed by atoms with E-state index in [-0.39, 0.29) is 40.2 Å². The molecule has 2 aromatic rings. The Labute approximate surface area is 232 Å². The molecule has 204 valence electrons. The van der Waals surface area contributed by atoms with Gasteiger partial charge in [-0.05, 0) is 62.4 Å². The first-order chi connectivity index (χ1) is 18.6. The predicted octanol–water partition coefficient (Wildman–Crippen LogP) is 3.97. The molecule has 8 nitrogen and oxygen atoms in total. The Kier molecular flexibility index (Phi) is 7.39. The number of aryl methyl sites for hydroxylation is 1. The van der Waals surface area contributed by atoms with Gasteiger partial charge in [-0.15, -0.1) is 0 Å². The van der Waals surface area contributed by atoms with Crippen LogP contribution in [0.3, 0.4) is 0 Å². The summed E-state index contributed by atoms with van der Waals surface area (Å²) in [6.07, 6.45) is 2.85. The van der Waals surface area contributed by atoms with E-state index in [0.717, 1.165) is 17.0 Å². The molecule has 0 unspecified atom stereocenters. The van der Waals surface area contributed by atoms with Crippen LogP contribution in [-0.4, -0.2) is 37.4 Å². The number of carbonyl (C=O) groups is 3. The molecule has 0 aromatic heterocycles. The van der Waals surface area contributed by atoms with Gasteiger partial charge in [0.2, 0.25) is 0 Å². The highest BCUT2D eigenvalue weighted by molar-refractivity contribution is 7.87. The highest BCUT2D eigenvalue weighted by Gasteiger charge is 2.43. The van der Waals surface area contributed by atoms with Gasteiger partial charge in [-0.1, -0.05) is 35.4 Å². The average molecular weight is 569 g/mol. The van der Waals surface area contributed by atoms with Crippen LogP contribution in [0.25, 0.3) is 0 Å². The first-order valence-corrected chi connectivity index (χ1v) is 14.7. The van der Waals surface area contributed by atoms with Crippen molar-refractivity contribution in [3.05, 3.63) is 81.2 Å². The number of rotatable bonds is 7. The van der Waals surface area contributed by atoms with Gasteiger partial charge in [0.1, 0.15) is 4.90 Å². The minimum absolute atomic E-state index is 0.0117. The van der Waals surface area contributed by atoms with Gasteiger partial charge in [0.25, 0.3) is 0 Å². The maximum absolute atomic E-state index is 13.3. The maximum Gasteiger partial charge on any atom is 0.339 e. The number of Topliss-reactive ketones (excluding diaryl/α,β-unsaturated/α-hetero) is 2. The summed E-state index contributed by atoms with van der Waals surface area (Å²) >= 11 is 6.53. The number of halogens is 1. The zero-order chi connectivity index (χ0) is 27.9. The standard InChI is InChI=1S/C29H28ClNO7S/c1-17-8-11-19(12-9-17)39(36,37)38-25-13-10-18(16-20(25)30)27-28-21(4-2-6-23(28)32)31(15-14-26(34)35)22-5-3-7-24(33)29(22)27/h8-13,16,27H,2-7,14-15H2,1H3,(H,34,35)/p-1. The van der Waals surface area contributed by atoms with Crippen molar-refractivity contribution in [2.24, 2.45) is 0 Å². The van der Waals surface area contributed by atoms with Crippen molar-refractivity contribution < 1.29 is 32.1 Å². The summed E-state index contributed by atoms with van der Waals surface area (Å²) in [5.74, 6) is -2.13. The number of carboxylic acids is 1. The molecule has 0 N–H and O–H groups in total. The van der Waals surface area contributed by atoms with Crippen LogP contribution in [0.5, 0.6) is 5.75 Å². The maximum atomic E-state index is 13.3. The van der Waals surface area contributed by atoms with E-state index in [1.54, 1.807) is 24.3 Å². The molecule has 0 radical (unpaired) electrons. The molecule has 5 rings (SSSR count). The zero-order valence-corrected chi connectivity index (χ0v) is 22.9. The summed E-state index contributed by atoms with van der Waals surface area (Å²) in [5.41, 5.74) is 3.91. The van der Waals surface area contributed by atoms with E-state index in [2.05, 4.69) is 0 Å². The first-order valence-electron chi connectivity index (χ1n) is 12.9. The molecule has 2 aliphatic carbocycles. The Morgan fingerprint density at radius 2 is 1.56 bits per heavy atom. The Bertz CT molecular complexity index is 1500. The molecule has 39 heavy (non-hydrogen) atoms. The summed E-state index contributed by atoms with van der Waals surface area (Å²) < 4.78 is 31.0. The first kappa shape index (κ1) is 27.1. The minimum Gasteiger partial charge on any atom is -0.550 e. The quantitative estimate of drug-likeness (QED) is 0.460. The van der Waals surface area contributed by atoms with Crippen LogP contribution in [0, 0.1) is 6.92 Å². The topological polar surface area (TPSA) is 121 Å². The molecule has 0 amide bonds. The van der Waals surface area contributed by atoms with Crippen LogP contribution in [0.2, 0.25) is 5.02 Å². The summed E-state index contributed by atoms with van der Waals surface area (Å²) in [6, 6.07) is 10.8. The number of allylic oxidation sites excluding steroid dienone is 4. The number of hydrogen-bond acceptors (Lipinski definition) is 8. The van der Waals surface area contributed by atoms with Crippen LogP contribution >= 0.6 is 11.6 Å². The molecule has 0 bridgehead atoms. The largest absolute Gasteiger partial charge is 0.550 e. The molecule has 1 heterocycles. The van der Waals surface area contributed by atoms with Gasteiger partial charge in [0.15, 0.2) is 17.3 Å². The molecule has 0 saturated heterocycles. The van der Waals surface area contributed by atoms with Crippen LogP contribution in [0.15, 0.2) is 69.9 Å². The number of carboxylic acid groups (broad SMARTS) is 1.